The van der Waals surface area contributed by atoms with Crippen LogP contribution in [0.5, 0.6) is 0 Å². The van der Waals surface area contributed by atoms with E-state index < -0.39 is 6.10 Å². The first kappa shape index (κ1) is 16.2. The number of hydrogen-bond donors (Lipinski definition) is 1. The number of rotatable bonds is 8. The van der Waals surface area contributed by atoms with Crippen LogP contribution in [0.3, 0.4) is 0 Å². The molecule has 19 heavy (non-hydrogen) atoms. The van der Waals surface area contributed by atoms with Crippen molar-refractivity contribution < 1.29 is 5.11 Å². The molecule has 1 aromatic rings. The fourth-order valence-corrected chi connectivity index (χ4v) is 2.06. The van der Waals surface area contributed by atoms with Crippen LogP contribution < -0.4 is 0 Å². The molecule has 3 heteroatoms. The van der Waals surface area contributed by atoms with Crippen molar-refractivity contribution in [2.75, 3.05) is 40.8 Å². The first-order valence-corrected chi connectivity index (χ1v) is 7.13. The molecule has 0 saturated carbocycles. The van der Waals surface area contributed by atoms with Gasteiger partial charge in [0.25, 0.3) is 0 Å². The molecule has 0 amide bonds. The molecular weight excluding hydrogens is 236 g/mol. The van der Waals surface area contributed by atoms with Crippen LogP contribution in [0, 0.1) is 0 Å². The zero-order valence-electron chi connectivity index (χ0n) is 12.8. The van der Waals surface area contributed by atoms with Gasteiger partial charge in [0.2, 0.25) is 0 Å². The van der Waals surface area contributed by atoms with Gasteiger partial charge in [-0.25, -0.2) is 0 Å². The van der Waals surface area contributed by atoms with Crippen molar-refractivity contribution in [1.82, 2.24) is 9.80 Å². The topological polar surface area (TPSA) is 26.7 Å². The molecule has 1 rings (SSSR count). The first-order chi connectivity index (χ1) is 9.02. The minimum absolute atomic E-state index is 0.400. The molecule has 0 radical (unpaired) electrons. The van der Waals surface area contributed by atoms with Gasteiger partial charge in [0.15, 0.2) is 0 Å². The lowest BCUT2D eigenvalue weighted by Gasteiger charge is -2.22. The van der Waals surface area contributed by atoms with E-state index in [0.29, 0.717) is 6.54 Å². The standard InChI is InChI=1S/C16H28N2O/c1-5-6-14-7-9-15(10-8-14)16(19)13-18(4)12-11-17(2)3/h7-10,16,19H,5-6,11-13H2,1-4H3. The molecule has 0 aliphatic carbocycles. The van der Waals surface area contributed by atoms with Gasteiger partial charge in [-0.1, -0.05) is 37.6 Å². The lowest BCUT2D eigenvalue weighted by atomic mass is 10.0. The summed E-state index contributed by atoms with van der Waals surface area (Å²) in [6, 6.07) is 8.36. The van der Waals surface area contributed by atoms with Gasteiger partial charge in [0.05, 0.1) is 6.10 Å². The minimum atomic E-state index is -0.400. The molecule has 0 aromatic heterocycles. The maximum atomic E-state index is 10.2. The van der Waals surface area contributed by atoms with Crippen molar-refractivity contribution in [2.24, 2.45) is 0 Å². The maximum absolute atomic E-state index is 10.2. The van der Waals surface area contributed by atoms with Crippen LogP contribution in [0.4, 0.5) is 0 Å². The Morgan fingerprint density at radius 2 is 1.68 bits per heavy atom. The van der Waals surface area contributed by atoms with E-state index in [4.69, 9.17) is 0 Å². The predicted octanol–water partition coefficient (Wildman–Crippen LogP) is 2.17. The molecule has 0 aliphatic rings. The molecule has 1 atom stereocenters. The number of likely N-dealkylation sites (N-methyl/N-ethyl adjacent to an activating group) is 2. The quantitative estimate of drug-likeness (QED) is 0.779. The van der Waals surface area contributed by atoms with Gasteiger partial charge in [-0.3, -0.25) is 0 Å². The Hall–Kier alpha value is -0.900. The summed E-state index contributed by atoms with van der Waals surface area (Å²) in [5.41, 5.74) is 2.36. The summed E-state index contributed by atoms with van der Waals surface area (Å²) in [6.07, 6.45) is 1.87. The molecule has 0 fully saturated rings. The number of hydrogen-bond acceptors (Lipinski definition) is 3. The largest absolute Gasteiger partial charge is 0.387 e. The Morgan fingerprint density at radius 3 is 2.21 bits per heavy atom. The third-order valence-corrected chi connectivity index (χ3v) is 3.32. The highest BCUT2D eigenvalue weighted by Gasteiger charge is 2.10. The highest BCUT2D eigenvalue weighted by Crippen LogP contribution is 2.15. The highest BCUT2D eigenvalue weighted by atomic mass is 16.3. The normalized spacial score (nSPS) is 13.2. The van der Waals surface area contributed by atoms with E-state index >= 15 is 0 Å². The van der Waals surface area contributed by atoms with Crippen LogP contribution in [0.1, 0.15) is 30.6 Å². The second kappa shape index (κ2) is 8.31. The van der Waals surface area contributed by atoms with Crippen LogP contribution in [0.2, 0.25) is 0 Å². The Balaban J connectivity index is 2.45. The van der Waals surface area contributed by atoms with E-state index in [0.717, 1.165) is 31.5 Å². The molecular formula is C16H28N2O. The molecule has 1 aromatic carbocycles. The summed E-state index contributed by atoms with van der Waals surface area (Å²) < 4.78 is 0. The molecule has 0 aliphatic heterocycles. The van der Waals surface area contributed by atoms with Crippen molar-refractivity contribution in [3.05, 3.63) is 35.4 Å². The van der Waals surface area contributed by atoms with Crippen LogP contribution in [0.25, 0.3) is 0 Å². The van der Waals surface area contributed by atoms with E-state index in [-0.39, 0.29) is 0 Å². The van der Waals surface area contributed by atoms with Crippen molar-refractivity contribution >= 4 is 0 Å². The summed E-state index contributed by atoms with van der Waals surface area (Å²) >= 11 is 0. The molecule has 0 bridgehead atoms. The van der Waals surface area contributed by atoms with Gasteiger partial charge in [0.1, 0.15) is 0 Å². The number of aliphatic hydroxyl groups is 1. The van der Waals surface area contributed by atoms with Crippen LogP contribution in [-0.2, 0) is 6.42 Å². The van der Waals surface area contributed by atoms with Crippen LogP contribution >= 0.6 is 0 Å². The Morgan fingerprint density at radius 1 is 1.05 bits per heavy atom. The fourth-order valence-electron chi connectivity index (χ4n) is 2.06. The summed E-state index contributed by atoms with van der Waals surface area (Å²) in [5.74, 6) is 0. The average Bonchev–Trinajstić information content (AvgIpc) is 2.37. The van der Waals surface area contributed by atoms with Gasteiger partial charge in [-0.05, 0) is 38.7 Å². The van der Waals surface area contributed by atoms with E-state index in [1.165, 1.54) is 5.56 Å². The number of benzene rings is 1. The Kier molecular flexibility index (Phi) is 7.06. The number of aryl methyl sites for hydroxylation is 1. The zero-order chi connectivity index (χ0) is 14.3. The summed E-state index contributed by atoms with van der Waals surface area (Å²) in [4.78, 5) is 4.33. The van der Waals surface area contributed by atoms with E-state index in [9.17, 15) is 5.11 Å². The molecule has 0 spiro atoms. The molecule has 1 unspecified atom stereocenters. The molecule has 0 saturated heterocycles. The average molecular weight is 264 g/mol. The maximum Gasteiger partial charge on any atom is 0.0916 e. The van der Waals surface area contributed by atoms with Crippen molar-refractivity contribution in [2.45, 2.75) is 25.9 Å². The van der Waals surface area contributed by atoms with Gasteiger partial charge < -0.3 is 14.9 Å². The SMILES string of the molecule is CCCc1ccc(C(O)CN(C)CCN(C)C)cc1. The van der Waals surface area contributed by atoms with Crippen molar-refractivity contribution in [3.63, 3.8) is 0 Å². The number of nitrogens with zero attached hydrogens (tertiary/aromatic N) is 2. The molecule has 108 valence electrons. The van der Waals surface area contributed by atoms with Gasteiger partial charge in [-0.15, -0.1) is 0 Å². The second-order valence-corrected chi connectivity index (χ2v) is 5.57. The van der Waals surface area contributed by atoms with Crippen LogP contribution in [0.15, 0.2) is 24.3 Å². The lowest BCUT2D eigenvalue weighted by molar-refractivity contribution is 0.123. The van der Waals surface area contributed by atoms with E-state index in [1.54, 1.807) is 0 Å². The lowest BCUT2D eigenvalue weighted by Crippen LogP contribution is -2.31. The van der Waals surface area contributed by atoms with Gasteiger partial charge in [0, 0.05) is 19.6 Å². The van der Waals surface area contributed by atoms with Gasteiger partial charge in [-0.2, -0.15) is 0 Å². The van der Waals surface area contributed by atoms with Crippen molar-refractivity contribution in [1.29, 1.82) is 0 Å². The summed E-state index contributed by atoms with van der Waals surface area (Å²) in [7, 11) is 6.19. The monoisotopic (exact) mass is 264 g/mol. The van der Waals surface area contributed by atoms with Crippen molar-refractivity contribution in [3.8, 4) is 0 Å². The highest BCUT2D eigenvalue weighted by molar-refractivity contribution is 5.24. The van der Waals surface area contributed by atoms with E-state index in [2.05, 4.69) is 62.1 Å². The third-order valence-electron chi connectivity index (χ3n) is 3.32. The summed E-state index contributed by atoms with van der Waals surface area (Å²) in [5, 5.41) is 10.2. The predicted molar refractivity (Wildman–Crippen MR) is 81.4 cm³/mol. The first-order valence-electron chi connectivity index (χ1n) is 7.13. The summed E-state index contributed by atoms with van der Waals surface area (Å²) in [6.45, 7) is 4.85. The van der Waals surface area contributed by atoms with Crippen LogP contribution in [-0.4, -0.2) is 55.7 Å². The molecule has 0 heterocycles. The Labute approximate surface area is 117 Å². The number of aliphatic hydroxyl groups excluding tert-OH is 1. The molecule has 1 N–H and O–H groups in total. The minimum Gasteiger partial charge on any atom is -0.387 e. The van der Waals surface area contributed by atoms with E-state index in [1.807, 2.05) is 0 Å². The molecule has 3 nitrogen and oxygen atoms in total. The second-order valence-electron chi connectivity index (χ2n) is 5.57. The zero-order valence-corrected chi connectivity index (χ0v) is 12.8. The van der Waals surface area contributed by atoms with Gasteiger partial charge >= 0.3 is 0 Å². The third kappa shape index (κ3) is 6.19. The smallest absolute Gasteiger partial charge is 0.0916 e. The Bertz CT molecular complexity index is 348. The fraction of sp³-hybridized carbons (Fsp3) is 0.625.